The summed E-state index contributed by atoms with van der Waals surface area (Å²) < 4.78 is 0. The number of hydrogen-bond donors (Lipinski definition) is 0. The third-order valence-corrected chi connectivity index (χ3v) is 2.35. The third-order valence-electron chi connectivity index (χ3n) is 1.22. The van der Waals surface area contributed by atoms with Crippen LogP contribution >= 0.6 is 23.4 Å². The van der Waals surface area contributed by atoms with Gasteiger partial charge in [0.15, 0.2) is 0 Å². The number of nitrogens with zero attached hydrogens (tertiary/aromatic N) is 1. The van der Waals surface area contributed by atoms with E-state index in [0.717, 1.165) is 5.56 Å². The lowest BCUT2D eigenvalue weighted by Gasteiger charge is -2.00. The second-order valence-electron chi connectivity index (χ2n) is 1.82. The number of aromatic nitrogens is 1. The maximum atomic E-state index is 5.66. The summed E-state index contributed by atoms with van der Waals surface area (Å²) >= 11 is 7.35. The van der Waals surface area contributed by atoms with Crippen molar-refractivity contribution in [3.05, 3.63) is 24.0 Å². The highest BCUT2D eigenvalue weighted by atomic mass is 35.5. The second-order valence-corrected chi connectivity index (χ2v) is 2.94. The largest absolute Gasteiger partial charge is 0.264 e. The normalized spacial score (nSPS) is 9.80. The molecule has 0 amide bonds. The summed E-state index contributed by atoms with van der Waals surface area (Å²) in [6, 6.07) is 1.97. The first-order valence-corrected chi connectivity index (χ1v) is 4.67. The van der Waals surface area contributed by atoms with Crippen molar-refractivity contribution in [1.82, 2.24) is 4.98 Å². The second kappa shape index (κ2) is 3.84. The van der Waals surface area contributed by atoms with E-state index in [2.05, 4.69) is 4.98 Å². The van der Waals surface area contributed by atoms with Crippen molar-refractivity contribution < 1.29 is 0 Å². The van der Waals surface area contributed by atoms with Gasteiger partial charge in [0, 0.05) is 23.2 Å². The lowest BCUT2D eigenvalue weighted by Crippen LogP contribution is -1.83. The monoisotopic (exact) mass is 173 g/mol. The zero-order valence-corrected chi connectivity index (χ0v) is 7.25. The summed E-state index contributed by atoms with van der Waals surface area (Å²) in [5, 5.41) is 0. The van der Waals surface area contributed by atoms with Crippen molar-refractivity contribution in [3.8, 4) is 0 Å². The average Bonchev–Trinajstić information content (AvgIpc) is 2.04. The molecule has 0 unspecified atom stereocenters. The number of alkyl halides is 1. The predicted octanol–water partition coefficient (Wildman–Crippen LogP) is 2.54. The SMILES string of the molecule is CSc1ccncc1CCl. The summed E-state index contributed by atoms with van der Waals surface area (Å²) in [6.45, 7) is 0. The molecular weight excluding hydrogens is 166 g/mol. The lowest BCUT2D eigenvalue weighted by atomic mass is 10.3. The molecule has 0 aliphatic carbocycles. The van der Waals surface area contributed by atoms with Crippen molar-refractivity contribution >= 4 is 23.4 Å². The van der Waals surface area contributed by atoms with Gasteiger partial charge in [-0.3, -0.25) is 4.98 Å². The molecule has 1 aromatic rings. The molecule has 0 radical (unpaired) electrons. The van der Waals surface area contributed by atoms with E-state index in [1.807, 2.05) is 12.3 Å². The van der Waals surface area contributed by atoms with Gasteiger partial charge in [-0.1, -0.05) is 0 Å². The zero-order chi connectivity index (χ0) is 7.40. The van der Waals surface area contributed by atoms with Crippen LogP contribution < -0.4 is 0 Å². The summed E-state index contributed by atoms with van der Waals surface area (Å²) in [5.74, 6) is 0.546. The molecular formula is C7H8ClNS. The summed E-state index contributed by atoms with van der Waals surface area (Å²) in [5.41, 5.74) is 1.11. The van der Waals surface area contributed by atoms with Crippen molar-refractivity contribution in [2.75, 3.05) is 6.26 Å². The van der Waals surface area contributed by atoms with E-state index in [1.54, 1.807) is 24.2 Å². The fraction of sp³-hybridized carbons (Fsp3) is 0.286. The van der Waals surface area contributed by atoms with Crippen molar-refractivity contribution in [2.24, 2.45) is 0 Å². The van der Waals surface area contributed by atoms with Crippen LogP contribution in [0, 0.1) is 0 Å². The highest BCUT2D eigenvalue weighted by Crippen LogP contribution is 2.19. The number of hydrogen-bond acceptors (Lipinski definition) is 2. The quantitative estimate of drug-likeness (QED) is 0.504. The molecule has 54 valence electrons. The van der Waals surface area contributed by atoms with Gasteiger partial charge >= 0.3 is 0 Å². The molecule has 0 spiro atoms. The maximum Gasteiger partial charge on any atom is 0.0500 e. The van der Waals surface area contributed by atoms with Gasteiger partial charge in [-0.15, -0.1) is 23.4 Å². The number of rotatable bonds is 2. The molecule has 0 bridgehead atoms. The van der Waals surface area contributed by atoms with Gasteiger partial charge in [0.05, 0.1) is 0 Å². The molecule has 1 nitrogen and oxygen atoms in total. The van der Waals surface area contributed by atoms with Gasteiger partial charge < -0.3 is 0 Å². The van der Waals surface area contributed by atoms with E-state index in [4.69, 9.17) is 11.6 Å². The van der Waals surface area contributed by atoms with Gasteiger partial charge in [-0.2, -0.15) is 0 Å². The molecule has 0 aliphatic rings. The minimum Gasteiger partial charge on any atom is -0.264 e. The highest BCUT2D eigenvalue weighted by molar-refractivity contribution is 7.98. The Kier molecular flexibility index (Phi) is 3.03. The molecule has 0 aliphatic heterocycles. The third kappa shape index (κ3) is 1.64. The minimum absolute atomic E-state index is 0.546. The first-order chi connectivity index (χ1) is 4.88. The van der Waals surface area contributed by atoms with Crippen molar-refractivity contribution in [2.45, 2.75) is 10.8 Å². The van der Waals surface area contributed by atoms with Gasteiger partial charge in [-0.05, 0) is 17.9 Å². The summed E-state index contributed by atoms with van der Waals surface area (Å²) in [7, 11) is 0. The summed E-state index contributed by atoms with van der Waals surface area (Å²) in [4.78, 5) is 5.18. The van der Waals surface area contributed by atoms with Crippen LogP contribution in [0.5, 0.6) is 0 Å². The molecule has 0 saturated carbocycles. The predicted molar refractivity (Wildman–Crippen MR) is 45.6 cm³/mol. The Balaban J connectivity index is 2.96. The van der Waals surface area contributed by atoms with Crippen LogP contribution in [0.1, 0.15) is 5.56 Å². The molecule has 0 aromatic carbocycles. The Bertz CT molecular complexity index is 192. The van der Waals surface area contributed by atoms with Crippen molar-refractivity contribution in [3.63, 3.8) is 0 Å². The van der Waals surface area contributed by atoms with Crippen LogP contribution in [0.3, 0.4) is 0 Å². The lowest BCUT2D eigenvalue weighted by molar-refractivity contribution is 1.16. The van der Waals surface area contributed by atoms with Crippen LogP contribution in [0.25, 0.3) is 0 Å². The summed E-state index contributed by atoms with van der Waals surface area (Å²) in [6.07, 6.45) is 5.62. The smallest absolute Gasteiger partial charge is 0.0500 e. The van der Waals surface area contributed by atoms with E-state index < -0.39 is 0 Å². The van der Waals surface area contributed by atoms with Crippen LogP contribution in [0.15, 0.2) is 23.4 Å². The number of thioether (sulfide) groups is 1. The van der Waals surface area contributed by atoms with Gasteiger partial charge in [0.2, 0.25) is 0 Å². The molecule has 0 atom stereocenters. The highest BCUT2D eigenvalue weighted by Gasteiger charge is 1.96. The molecule has 1 rings (SSSR count). The van der Waals surface area contributed by atoms with Crippen LogP contribution in [-0.4, -0.2) is 11.2 Å². The Morgan fingerprint density at radius 3 is 3.00 bits per heavy atom. The fourth-order valence-electron chi connectivity index (χ4n) is 0.714. The van der Waals surface area contributed by atoms with E-state index >= 15 is 0 Å². The first kappa shape index (κ1) is 7.89. The van der Waals surface area contributed by atoms with Crippen LogP contribution in [-0.2, 0) is 5.88 Å². The number of halogens is 1. The Labute approximate surface area is 69.8 Å². The molecule has 1 aromatic heterocycles. The topological polar surface area (TPSA) is 12.9 Å². The van der Waals surface area contributed by atoms with Crippen LogP contribution in [0.2, 0.25) is 0 Å². The first-order valence-electron chi connectivity index (χ1n) is 2.91. The van der Waals surface area contributed by atoms with E-state index in [1.165, 1.54) is 4.90 Å². The Morgan fingerprint density at radius 1 is 1.70 bits per heavy atom. The maximum absolute atomic E-state index is 5.66. The standard InChI is InChI=1S/C7H8ClNS/c1-10-7-2-3-9-5-6(7)4-8/h2-3,5H,4H2,1H3. The van der Waals surface area contributed by atoms with E-state index in [-0.39, 0.29) is 0 Å². The van der Waals surface area contributed by atoms with E-state index in [9.17, 15) is 0 Å². The minimum atomic E-state index is 0.546. The number of pyridine rings is 1. The molecule has 0 fully saturated rings. The molecule has 10 heavy (non-hydrogen) atoms. The molecule has 3 heteroatoms. The molecule has 0 N–H and O–H groups in total. The van der Waals surface area contributed by atoms with Crippen molar-refractivity contribution in [1.29, 1.82) is 0 Å². The zero-order valence-electron chi connectivity index (χ0n) is 5.67. The average molecular weight is 174 g/mol. The Hall–Kier alpha value is -0.210. The van der Waals surface area contributed by atoms with Gasteiger partial charge in [0.1, 0.15) is 0 Å². The van der Waals surface area contributed by atoms with Gasteiger partial charge in [-0.25, -0.2) is 0 Å². The molecule has 1 heterocycles. The van der Waals surface area contributed by atoms with E-state index in [0.29, 0.717) is 5.88 Å². The fourth-order valence-corrected chi connectivity index (χ4v) is 1.59. The van der Waals surface area contributed by atoms with Gasteiger partial charge in [0.25, 0.3) is 0 Å². The van der Waals surface area contributed by atoms with Crippen LogP contribution in [0.4, 0.5) is 0 Å². The molecule has 0 saturated heterocycles. The Morgan fingerprint density at radius 2 is 2.50 bits per heavy atom.